The number of hydrogen-bond acceptors (Lipinski definition) is 0. The molecule has 2 aromatic carbocycles. The monoisotopic (exact) mass is 340 g/mol. The molecule has 1 unspecified atom stereocenters. The predicted molar refractivity (Wildman–Crippen MR) is 82.2 cm³/mol. The summed E-state index contributed by atoms with van der Waals surface area (Å²) in [5.74, 6) is -0.292. The van der Waals surface area contributed by atoms with Gasteiger partial charge in [0.15, 0.2) is 0 Å². The number of hydrogen-bond donors (Lipinski definition) is 0. The van der Waals surface area contributed by atoms with Crippen LogP contribution < -0.4 is 0 Å². The maximum atomic E-state index is 14.0. The molecule has 0 nitrogen and oxygen atoms in total. The Bertz CT molecular complexity index is 551. The second kappa shape index (κ2) is 6.53. The second-order valence-corrected chi connectivity index (χ2v) is 5.79. The number of alkyl halides is 1. The molecule has 0 saturated heterocycles. The first-order valence-corrected chi connectivity index (χ1v) is 7.53. The molecule has 0 N–H and O–H groups in total. The van der Waals surface area contributed by atoms with Crippen molar-refractivity contribution in [2.75, 3.05) is 0 Å². The fourth-order valence-corrected chi connectivity index (χ4v) is 2.73. The zero-order valence-corrected chi connectivity index (χ0v) is 13.0. The second-order valence-electron chi connectivity index (χ2n) is 4.50. The topological polar surface area (TPSA) is 0 Å². The van der Waals surface area contributed by atoms with Crippen LogP contribution in [0.1, 0.15) is 35.4 Å². The van der Waals surface area contributed by atoms with E-state index in [4.69, 9.17) is 11.6 Å². The number of rotatable bonds is 4. The van der Waals surface area contributed by atoms with Crippen LogP contribution in [0.5, 0.6) is 0 Å². The first-order chi connectivity index (χ1) is 9.13. The highest BCUT2D eigenvalue weighted by molar-refractivity contribution is 9.10. The van der Waals surface area contributed by atoms with Crippen LogP contribution >= 0.6 is 27.5 Å². The molecule has 2 rings (SSSR count). The lowest BCUT2D eigenvalue weighted by Crippen LogP contribution is -1.98. The van der Waals surface area contributed by atoms with E-state index in [9.17, 15) is 4.39 Å². The van der Waals surface area contributed by atoms with Gasteiger partial charge in [-0.05, 0) is 39.5 Å². The van der Waals surface area contributed by atoms with Gasteiger partial charge in [0.2, 0.25) is 0 Å². The van der Waals surface area contributed by atoms with E-state index in [-0.39, 0.29) is 5.82 Å². The van der Waals surface area contributed by atoms with Gasteiger partial charge in [-0.2, -0.15) is 0 Å². The Morgan fingerprint density at radius 3 is 2.47 bits per heavy atom. The largest absolute Gasteiger partial charge is 0.205 e. The molecule has 1 atom stereocenters. The summed E-state index contributed by atoms with van der Waals surface area (Å²) in [6.45, 7) is 2.15. The van der Waals surface area contributed by atoms with Gasteiger partial charge < -0.3 is 0 Å². The highest BCUT2D eigenvalue weighted by Gasteiger charge is 2.16. The fourth-order valence-electron chi connectivity index (χ4n) is 2.04. The van der Waals surface area contributed by atoms with Crippen LogP contribution in [0.4, 0.5) is 4.39 Å². The van der Waals surface area contributed by atoms with Gasteiger partial charge >= 0.3 is 0 Å². The molecule has 0 aliphatic carbocycles. The van der Waals surface area contributed by atoms with Gasteiger partial charge in [-0.1, -0.05) is 49.7 Å². The average molecular weight is 342 g/mol. The Kier molecular flexibility index (Phi) is 5.00. The van der Waals surface area contributed by atoms with Gasteiger partial charge in [0.25, 0.3) is 0 Å². The number of aryl methyl sites for hydroxylation is 1. The maximum absolute atomic E-state index is 14.0. The van der Waals surface area contributed by atoms with E-state index in [0.29, 0.717) is 10.0 Å². The summed E-state index contributed by atoms with van der Waals surface area (Å²) in [6.07, 6.45) is 2.17. The average Bonchev–Trinajstić information content (AvgIpc) is 2.42. The van der Waals surface area contributed by atoms with E-state index in [2.05, 4.69) is 35.0 Å². The zero-order valence-electron chi connectivity index (χ0n) is 10.7. The van der Waals surface area contributed by atoms with E-state index in [1.54, 1.807) is 18.2 Å². The molecule has 0 aromatic heterocycles. The molecular weight excluding hydrogens is 327 g/mol. The van der Waals surface area contributed by atoms with Gasteiger partial charge in [-0.25, -0.2) is 4.39 Å². The maximum Gasteiger partial charge on any atom is 0.142 e. The lowest BCUT2D eigenvalue weighted by molar-refractivity contribution is 0.605. The number of halogens is 3. The van der Waals surface area contributed by atoms with Gasteiger partial charge in [-0.3, -0.25) is 0 Å². The van der Waals surface area contributed by atoms with Crippen LogP contribution in [0.15, 0.2) is 46.9 Å². The van der Waals surface area contributed by atoms with Crippen molar-refractivity contribution in [2.24, 2.45) is 0 Å². The Balaban J connectivity index is 2.28. The van der Waals surface area contributed by atoms with Crippen molar-refractivity contribution in [3.05, 3.63) is 69.4 Å². The summed E-state index contributed by atoms with van der Waals surface area (Å²) in [7, 11) is 0. The minimum atomic E-state index is -0.465. The Morgan fingerprint density at radius 2 is 1.84 bits per heavy atom. The van der Waals surface area contributed by atoms with Crippen LogP contribution in [0.3, 0.4) is 0 Å². The highest BCUT2D eigenvalue weighted by atomic mass is 79.9. The molecule has 2 aromatic rings. The van der Waals surface area contributed by atoms with E-state index < -0.39 is 5.38 Å². The van der Waals surface area contributed by atoms with Crippen LogP contribution in [-0.4, -0.2) is 0 Å². The molecular formula is C16H15BrClF. The predicted octanol–water partition coefficient (Wildman–Crippen LogP) is 5.87. The number of benzene rings is 2. The normalized spacial score (nSPS) is 12.4. The van der Waals surface area contributed by atoms with Crippen LogP contribution in [0, 0.1) is 5.82 Å². The van der Waals surface area contributed by atoms with Crippen molar-refractivity contribution in [3.63, 3.8) is 0 Å². The van der Waals surface area contributed by atoms with Gasteiger partial charge in [0.05, 0.1) is 9.85 Å². The minimum absolute atomic E-state index is 0.292. The minimum Gasteiger partial charge on any atom is -0.205 e. The SMILES string of the molecule is CCCc1ccc(C(Cl)c2cccc(Br)c2F)cc1. The van der Waals surface area contributed by atoms with Crippen molar-refractivity contribution >= 4 is 27.5 Å². The quantitative estimate of drug-likeness (QED) is 0.610. The van der Waals surface area contributed by atoms with Crippen LogP contribution in [-0.2, 0) is 6.42 Å². The van der Waals surface area contributed by atoms with Crippen molar-refractivity contribution in [3.8, 4) is 0 Å². The third kappa shape index (κ3) is 3.37. The first kappa shape index (κ1) is 14.5. The molecule has 0 saturated carbocycles. The van der Waals surface area contributed by atoms with Crippen LogP contribution in [0.25, 0.3) is 0 Å². The summed E-state index contributed by atoms with van der Waals surface area (Å²) in [4.78, 5) is 0. The van der Waals surface area contributed by atoms with E-state index in [1.165, 1.54) is 5.56 Å². The standard InChI is InChI=1S/C16H15BrClF/c1-2-4-11-7-9-12(10-8-11)15(18)13-5-3-6-14(17)16(13)19/h3,5-10,15H,2,4H2,1H3. The lowest BCUT2D eigenvalue weighted by Gasteiger charge is -2.12. The smallest absolute Gasteiger partial charge is 0.142 e. The van der Waals surface area contributed by atoms with Crippen molar-refractivity contribution in [2.45, 2.75) is 25.1 Å². The van der Waals surface area contributed by atoms with Crippen LogP contribution in [0.2, 0.25) is 0 Å². The molecule has 19 heavy (non-hydrogen) atoms. The van der Waals surface area contributed by atoms with Gasteiger partial charge in [0.1, 0.15) is 5.82 Å². The molecule has 0 fully saturated rings. The first-order valence-electron chi connectivity index (χ1n) is 6.30. The molecule has 0 spiro atoms. The Labute approximate surface area is 126 Å². The lowest BCUT2D eigenvalue weighted by atomic mass is 10.0. The zero-order chi connectivity index (χ0) is 13.8. The molecule has 0 amide bonds. The summed E-state index contributed by atoms with van der Waals surface area (Å²) in [5.41, 5.74) is 2.70. The summed E-state index contributed by atoms with van der Waals surface area (Å²) < 4.78 is 14.4. The summed E-state index contributed by atoms with van der Waals surface area (Å²) >= 11 is 9.56. The van der Waals surface area contributed by atoms with E-state index in [0.717, 1.165) is 18.4 Å². The van der Waals surface area contributed by atoms with Crippen molar-refractivity contribution < 1.29 is 4.39 Å². The molecule has 0 heterocycles. The van der Waals surface area contributed by atoms with E-state index >= 15 is 0 Å². The molecule has 0 radical (unpaired) electrons. The van der Waals surface area contributed by atoms with Crippen molar-refractivity contribution in [1.82, 2.24) is 0 Å². The Morgan fingerprint density at radius 1 is 1.16 bits per heavy atom. The van der Waals surface area contributed by atoms with Crippen molar-refractivity contribution in [1.29, 1.82) is 0 Å². The third-order valence-corrected chi connectivity index (χ3v) is 4.17. The molecule has 3 heteroatoms. The summed E-state index contributed by atoms with van der Waals surface area (Å²) in [6, 6.07) is 13.3. The summed E-state index contributed by atoms with van der Waals surface area (Å²) in [5, 5.41) is -0.465. The Hall–Kier alpha value is -0.860. The highest BCUT2D eigenvalue weighted by Crippen LogP contribution is 2.33. The molecule has 0 aliphatic heterocycles. The molecule has 0 aliphatic rings. The molecule has 0 bridgehead atoms. The van der Waals surface area contributed by atoms with Gasteiger partial charge in [0, 0.05) is 5.56 Å². The third-order valence-electron chi connectivity index (χ3n) is 3.07. The molecule has 100 valence electrons. The van der Waals surface area contributed by atoms with E-state index in [1.807, 2.05) is 12.1 Å². The fraction of sp³-hybridized carbons (Fsp3) is 0.250. The van der Waals surface area contributed by atoms with Gasteiger partial charge in [-0.15, -0.1) is 11.6 Å².